The molecule has 31 heavy (non-hydrogen) atoms. The van der Waals surface area contributed by atoms with Crippen LogP contribution in [0.3, 0.4) is 0 Å². The Bertz CT molecular complexity index is 957. The molecular weight excluding hydrogens is 394 g/mol. The third-order valence-corrected chi connectivity index (χ3v) is 4.94. The van der Waals surface area contributed by atoms with Crippen LogP contribution in [0.5, 0.6) is 17.2 Å². The molecule has 1 atom stereocenters. The summed E-state index contributed by atoms with van der Waals surface area (Å²) in [5.74, 6) is 1.16. The maximum absolute atomic E-state index is 12.4. The van der Waals surface area contributed by atoms with Gasteiger partial charge in [-0.05, 0) is 57.2 Å². The van der Waals surface area contributed by atoms with Crippen molar-refractivity contribution in [2.24, 2.45) is 5.92 Å². The van der Waals surface area contributed by atoms with Gasteiger partial charge in [0.05, 0.1) is 13.0 Å². The van der Waals surface area contributed by atoms with Crippen LogP contribution in [0, 0.1) is 5.92 Å². The summed E-state index contributed by atoms with van der Waals surface area (Å²) in [5.41, 5.74) is 1.01. The molecule has 0 saturated carbocycles. The van der Waals surface area contributed by atoms with Gasteiger partial charge in [-0.15, -0.1) is 0 Å². The van der Waals surface area contributed by atoms with Gasteiger partial charge in [-0.25, -0.2) is 0 Å². The first-order chi connectivity index (χ1) is 14.4. The summed E-state index contributed by atoms with van der Waals surface area (Å²) in [5, 5.41) is 2.83. The molecule has 0 aliphatic carbocycles. The number of rotatable bonds is 6. The Hall–Kier alpha value is -3.02. The Balaban J connectivity index is 1.61. The van der Waals surface area contributed by atoms with Gasteiger partial charge in [-0.2, -0.15) is 0 Å². The average molecular weight is 426 g/mol. The Morgan fingerprint density at radius 3 is 2.45 bits per heavy atom. The first-order valence-corrected chi connectivity index (χ1v) is 10.5. The smallest absolute Gasteiger partial charge is 0.307 e. The van der Waals surface area contributed by atoms with Gasteiger partial charge in [0.15, 0.2) is 0 Å². The topological polar surface area (TPSA) is 73.9 Å². The van der Waals surface area contributed by atoms with Gasteiger partial charge in [-0.1, -0.05) is 26.8 Å². The molecule has 0 saturated heterocycles. The zero-order chi connectivity index (χ0) is 22.8. The molecule has 0 aromatic heterocycles. The summed E-state index contributed by atoms with van der Waals surface area (Å²) in [6, 6.07) is 13.0. The average Bonchev–Trinajstić information content (AvgIpc) is 2.97. The van der Waals surface area contributed by atoms with Crippen LogP contribution in [0.2, 0.25) is 0 Å². The molecule has 166 valence electrons. The number of nitrogens with one attached hydrogen (secondary N) is 1. The first kappa shape index (κ1) is 22.7. The highest BCUT2D eigenvalue weighted by Gasteiger charge is 2.35. The van der Waals surface area contributed by atoms with Crippen molar-refractivity contribution in [3.8, 4) is 17.2 Å². The number of benzene rings is 2. The van der Waals surface area contributed by atoms with Crippen LogP contribution >= 0.6 is 0 Å². The highest BCUT2D eigenvalue weighted by atomic mass is 16.6. The van der Waals surface area contributed by atoms with Crippen LogP contribution in [0.4, 0.5) is 5.69 Å². The summed E-state index contributed by atoms with van der Waals surface area (Å²) >= 11 is 0. The van der Waals surface area contributed by atoms with Gasteiger partial charge in [0, 0.05) is 22.6 Å². The predicted molar refractivity (Wildman–Crippen MR) is 120 cm³/mol. The molecule has 1 N–H and O–H groups in total. The van der Waals surface area contributed by atoms with E-state index in [4.69, 9.17) is 14.2 Å². The van der Waals surface area contributed by atoms with Crippen molar-refractivity contribution in [3.05, 3.63) is 48.0 Å². The van der Waals surface area contributed by atoms with Gasteiger partial charge >= 0.3 is 5.97 Å². The summed E-state index contributed by atoms with van der Waals surface area (Å²) in [6.45, 7) is 12.0. The molecule has 0 bridgehead atoms. The number of carbonyl (C=O) groups excluding carboxylic acids is 2. The number of carbonyl (C=O) groups is 2. The van der Waals surface area contributed by atoms with E-state index in [0.29, 0.717) is 18.0 Å². The first-order valence-electron chi connectivity index (χ1n) is 10.5. The molecule has 1 heterocycles. The molecule has 1 aliphatic heterocycles. The van der Waals surface area contributed by atoms with Crippen LogP contribution in [-0.2, 0) is 19.7 Å². The van der Waals surface area contributed by atoms with E-state index in [1.54, 1.807) is 52.0 Å². The van der Waals surface area contributed by atoms with Crippen molar-refractivity contribution >= 4 is 17.6 Å². The maximum Gasteiger partial charge on any atom is 0.307 e. The second kappa shape index (κ2) is 8.61. The van der Waals surface area contributed by atoms with E-state index in [-0.39, 0.29) is 23.7 Å². The fourth-order valence-electron chi connectivity index (χ4n) is 3.44. The lowest BCUT2D eigenvalue weighted by molar-refractivity contribution is -0.156. The van der Waals surface area contributed by atoms with Crippen LogP contribution < -0.4 is 14.8 Å². The Morgan fingerprint density at radius 2 is 1.81 bits per heavy atom. The Kier molecular flexibility index (Phi) is 6.30. The van der Waals surface area contributed by atoms with E-state index < -0.39 is 11.5 Å². The van der Waals surface area contributed by atoms with Crippen molar-refractivity contribution < 1.29 is 23.8 Å². The fraction of sp³-hybridized carbons (Fsp3) is 0.440. The molecular formula is C25H31NO5. The Morgan fingerprint density at radius 1 is 1.13 bits per heavy atom. The Labute approximate surface area is 183 Å². The van der Waals surface area contributed by atoms with Gasteiger partial charge < -0.3 is 19.5 Å². The SMILES string of the molecule is C[C@@H](CC(=O)OC(C)(C)C)C(=O)Nc1ccc(Oc2cccc3c2C(C)(C)CO3)cc1. The van der Waals surface area contributed by atoms with Crippen LogP contribution in [-0.4, -0.2) is 24.1 Å². The van der Waals surface area contributed by atoms with Crippen molar-refractivity contribution in [3.63, 3.8) is 0 Å². The molecule has 1 amide bonds. The molecule has 3 rings (SSSR count). The minimum atomic E-state index is -0.566. The van der Waals surface area contributed by atoms with Crippen molar-refractivity contribution in [1.29, 1.82) is 0 Å². The zero-order valence-electron chi connectivity index (χ0n) is 19.1. The van der Waals surface area contributed by atoms with E-state index >= 15 is 0 Å². The summed E-state index contributed by atoms with van der Waals surface area (Å²) < 4.78 is 17.2. The second-order valence-electron chi connectivity index (χ2n) is 9.61. The summed E-state index contributed by atoms with van der Waals surface area (Å²) in [7, 11) is 0. The van der Waals surface area contributed by atoms with Crippen molar-refractivity contribution in [2.75, 3.05) is 11.9 Å². The molecule has 2 aromatic rings. The molecule has 6 nitrogen and oxygen atoms in total. The maximum atomic E-state index is 12.4. The minimum Gasteiger partial charge on any atom is -0.492 e. The van der Waals surface area contributed by atoms with Crippen molar-refractivity contribution in [2.45, 2.75) is 59.0 Å². The number of ether oxygens (including phenoxy) is 3. The largest absolute Gasteiger partial charge is 0.492 e. The fourth-order valence-corrected chi connectivity index (χ4v) is 3.44. The van der Waals surface area contributed by atoms with Crippen molar-refractivity contribution in [1.82, 2.24) is 0 Å². The van der Waals surface area contributed by atoms with Gasteiger partial charge in [0.1, 0.15) is 22.8 Å². The van der Waals surface area contributed by atoms with Gasteiger partial charge in [0.25, 0.3) is 0 Å². The zero-order valence-corrected chi connectivity index (χ0v) is 19.1. The quantitative estimate of drug-likeness (QED) is 0.623. The molecule has 0 unspecified atom stereocenters. The number of amides is 1. The predicted octanol–water partition coefficient (Wildman–Crippen LogP) is 5.46. The minimum absolute atomic E-state index is 0.0290. The monoisotopic (exact) mass is 425 g/mol. The van der Waals surface area contributed by atoms with Crippen LogP contribution in [0.25, 0.3) is 0 Å². The van der Waals surface area contributed by atoms with E-state index in [2.05, 4.69) is 19.2 Å². The van der Waals surface area contributed by atoms with E-state index in [0.717, 1.165) is 17.1 Å². The third-order valence-electron chi connectivity index (χ3n) is 4.94. The number of hydrogen-bond acceptors (Lipinski definition) is 5. The lowest BCUT2D eigenvalue weighted by Gasteiger charge is -2.21. The summed E-state index contributed by atoms with van der Waals surface area (Å²) in [4.78, 5) is 24.4. The molecule has 0 spiro atoms. The lowest BCUT2D eigenvalue weighted by atomic mass is 9.86. The van der Waals surface area contributed by atoms with Crippen LogP contribution in [0.1, 0.15) is 53.5 Å². The van der Waals surface area contributed by atoms with Gasteiger partial charge in [0.2, 0.25) is 5.91 Å². The van der Waals surface area contributed by atoms with E-state index in [9.17, 15) is 9.59 Å². The number of anilines is 1. The number of hydrogen-bond donors (Lipinski definition) is 1. The van der Waals surface area contributed by atoms with Crippen LogP contribution in [0.15, 0.2) is 42.5 Å². The highest BCUT2D eigenvalue weighted by molar-refractivity contribution is 5.94. The summed E-state index contributed by atoms with van der Waals surface area (Å²) in [6.07, 6.45) is 0.0290. The standard InChI is InChI=1S/C25H31NO5/c1-16(14-21(27)31-24(2,3)4)23(28)26-17-10-12-18(13-11-17)30-20-9-7-8-19-22(20)25(5,6)15-29-19/h7-13,16H,14-15H2,1-6H3,(H,26,28)/t16-/m0/s1. The second-order valence-corrected chi connectivity index (χ2v) is 9.61. The lowest BCUT2D eigenvalue weighted by Crippen LogP contribution is -2.28. The highest BCUT2D eigenvalue weighted by Crippen LogP contribution is 2.45. The molecule has 1 aliphatic rings. The molecule has 2 aromatic carbocycles. The molecule has 0 radical (unpaired) electrons. The van der Waals surface area contributed by atoms with Gasteiger partial charge in [-0.3, -0.25) is 9.59 Å². The third kappa shape index (κ3) is 5.78. The van der Waals surface area contributed by atoms with E-state index in [1.807, 2.05) is 18.2 Å². The molecule has 0 fully saturated rings. The number of fused-ring (bicyclic) bond motifs is 1. The number of esters is 1. The normalized spacial score (nSPS) is 15.4. The van der Waals surface area contributed by atoms with E-state index in [1.165, 1.54) is 0 Å². The molecule has 6 heteroatoms.